The van der Waals surface area contributed by atoms with Gasteiger partial charge in [-0.3, -0.25) is 0 Å². The number of hydrogen-bond acceptors (Lipinski definition) is 5. The highest BCUT2D eigenvalue weighted by Crippen LogP contribution is 2.24. The number of piperazine rings is 1. The lowest BCUT2D eigenvalue weighted by Gasteiger charge is -2.36. The zero-order chi connectivity index (χ0) is 13.3. The van der Waals surface area contributed by atoms with Gasteiger partial charge in [0.05, 0.1) is 4.90 Å². The second-order valence-electron chi connectivity index (χ2n) is 4.65. The SMILES string of the molecule is CC1CN(S(=O)(=O)c2csc(CN)c2)CCN1C. The summed E-state index contributed by atoms with van der Waals surface area (Å²) in [5, 5.41) is 1.68. The number of nitrogens with two attached hydrogens (primary N) is 1. The normalized spacial score (nSPS) is 23.4. The second-order valence-corrected chi connectivity index (χ2v) is 7.58. The predicted octanol–water partition coefficient (Wildman–Crippen LogP) is 0.531. The largest absolute Gasteiger partial charge is 0.326 e. The van der Waals surface area contributed by atoms with Crippen LogP contribution in [0.15, 0.2) is 16.3 Å². The average molecular weight is 289 g/mol. The Morgan fingerprint density at radius 3 is 2.78 bits per heavy atom. The van der Waals surface area contributed by atoms with Crippen molar-refractivity contribution in [3.8, 4) is 0 Å². The molecule has 0 amide bonds. The van der Waals surface area contributed by atoms with Crippen LogP contribution in [0.2, 0.25) is 0 Å². The molecule has 1 aromatic heterocycles. The summed E-state index contributed by atoms with van der Waals surface area (Å²) in [7, 11) is -1.33. The Kier molecular flexibility index (Phi) is 4.08. The van der Waals surface area contributed by atoms with E-state index in [4.69, 9.17) is 5.73 Å². The number of nitrogens with zero attached hydrogens (tertiary/aromatic N) is 2. The van der Waals surface area contributed by atoms with Crippen molar-refractivity contribution in [2.45, 2.75) is 24.4 Å². The van der Waals surface area contributed by atoms with Gasteiger partial charge in [-0.05, 0) is 20.0 Å². The number of likely N-dealkylation sites (N-methyl/N-ethyl adjacent to an activating group) is 1. The van der Waals surface area contributed by atoms with Crippen molar-refractivity contribution in [1.29, 1.82) is 0 Å². The van der Waals surface area contributed by atoms with Crippen LogP contribution in [0.1, 0.15) is 11.8 Å². The first kappa shape index (κ1) is 14.0. The van der Waals surface area contributed by atoms with E-state index in [2.05, 4.69) is 4.90 Å². The van der Waals surface area contributed by atoms with Crippen molar-refractivity contribution < 1.29 is 8.42 Å². The van der Waals surface area contributed by atoms with Crippen LogP contribution in [0, 0.1) is 0 Å². The average Bonchev–Trinajstić information content (AvgIpc) is 2.81. The van der Waals surface area contributed by atoms with E-state index < -0.39 is 10.0 Å². The Morgan fingerprint density at radius 1 is 1.50 bits per heavy atom. The molecule has 7 heteroatoms. The fourth-order valence-electron chi connectivity index (χ4n) is 1.99. The first-order valence-electron chi connectivity index (χ1n) is 5.93. The lowest BCUT2D eigenvalue weighted by atomic mass is 10.2. The van der Waals surface area contributed by atoms with E-state index in [0.29, 0.717) is 24.5 Å². The number of thiophene rings is 1. The standard InChI is InChI=1S/C11H19N3O2S2/c1-9-7-14(4-3-13(9)2)18(15,16)11-5-10(6-12)17-8-11/h5,8-9H,3-4,6-7,12H2,1-2H3. The van der Waals surface area contributed by atoms with E-state index in [9.17, 15) is 8.42 Å². The van der Waals surface area contributed by atoms with Gasteiger partial charge >= 0.3 is 0 Å². The molecule has 5 nitrogen and oxygen atoms in total. The van der Waals surface area contributed by atoms with E-state index in [0.717, 1.165) is 11.4 Å². The van der Waals surface area contributed by atoms with Gasteiger partial charge in [0.15, 0.2) is 0 Å². The molecule has 2 heterocycles. The molecule has 0 spiro atoms. The van der Waals surface area contributed by atoms with Gasteiger partial charge in [0.1, 0.15) is 0 Å². The maximum Gasteiger partial charge on any atom is 0.244 e. The van der Waals surface area contributed by atoms with Crippen LogP contribution in [0.3, 0.4) is 0 Å². The van der Waals surface area contributed by atoms with Crippen molar-refractivity contribution in [1.82, 2.24) is 9.21 Å². The van der Waals surface area contributed by atoms with E-state index in [1.165, 1.54) is 11.3 Å². The van der Waals surface area contributed by atoms with Crippen LogP contribution in [-0.4, -0.2) is 50.3 Å². The summed E-state index contributed by atoms with van der Waals surface area (Å²) in [5.74, 6) is 0. The van der Waals surface area contributed by atoms with Crippen LogP contribution < -0.4 is 5.73 Å². The first-order valence-corrected chi connectivity index (χ1v) is 8.25. The summed E-state index contributed by atoms with van der Waals surface area (Å²) in [4.78, 5) is 3.45. The van der Waals surface area contributed by atoms with Gasteiger partial charge in [0.25, 0.3) is 0 Å². The smallest absolute Gasteiger partial charge is 0.244 e. The molecule has 0 bridgehead atoms. The molecule has 0 radical (unpaired) electrons. The molecule has 2 N–H and O–H groups in total. The fourth-order valence-corrected chi connectivity index (χ4v) is 4.64. The lowest BCUT2D eigenvalue weighted by molar-refractivity contribution is 0.159. The Hall–Kier alpha value is -0.470. The van der Waals surface area contributed by atoms with Gasteiger partial charge in [0.2, 0.25) is 10.0 Å². The van der Waals surface area contributed by atoms with Gasteiger partial charge < -0.3 is 10.6 Å². The van der Waals surface area contributed by atoms with Crippen molar-refractivity contribution in [3.63, 3.8) is 0 Å². The molecule has 102 valence electrons. The third kappa shape index (κ3) is 2.60. The quantitative estimate of drug-likeness (QED) is 0.881. The fraction of sp³-hybridized carbons (Fsp3) is 0.636. The molecule has 0 aromatic carbocycles. The van der Waals surface area contributed by atoms with Gasteiger partial charge in [-0.1, -0.05) is 0 Å². The van der Waals surface area contributed by atoms with E-state index in [1.54, 1.807) is 15.8 Å². The third-order valence-electron chi connectivity index (χ3n) is 3.39. The van der Waals surface area contributed by atoms with Crippen molar-refractivity contribution >= 4 is 21.4 Å². The molecule has 18 heavy (non-hydrogen) atoms. The minimum absolute atomic E-state index is 0.251. The molecule has 0 aliphatic carbocycles. The van der Waals surface area contributed by atoms with Gasteiger partial charge in [0, 0.05) is 42.5 Å². The predicted molar refractivity (Wildman–Crippen MR) is 73.1 cm³/mol. The Morgan fingerprint density at radius 2 is 2.22 bits per heavy atom. The molecule has 1 saturated heterocycles. The monoisotopic (exact) mass is 289 g/mol. The highest BCUT2D eigenvalue weighted by molar-refractivity contribution is 7.89. The molecule has 1 aromatic rings. The molecule has 1 unspecified atom stereocenters. The number of hydrogen-bond donors (Lipinski definition) is 1. The molecular weight excluding hydrogens is 270 g/mol. The molecule has 2 rings (SSSR count). The maximum absolute atomic E-state index is 12.4. The molecular formula is C11H19N3O2S2. The first-order chi connectivity index (χ1) is 8.45. The summed E-state index contributed by atoms with van der Waals surface area (Å²) >= 11 is 1.40. The van der Waals surface area contributed by atoms with Crippen molar-refractivity contribution in [2.24, 2.45) is 5.73 Å². The highest BCUT2D eigenvalue weighted by Gasteiger charge is 2.31. The van der Waals surface area contributed by atoms with Crippen LogP contribution in [0.5, 0.6) is 0 Å². The minimum atomic E-state index is -3.35. The molecule has 1 atom stereocenters. The Balaban J connectivity index is 2.21. The van der Waals surface area contributed by atoms with E-state index in [-0.39, 0.29) is 6.04 Å². The van der Waals surface area contributed by atoms with Crippen molar-refractivity contribution in [2.75, 3.05) is 26.7 Å². The van der Waals surface area contributed by atoms with Crippen LogP contribution in [-0.2, 0) is 16.6 Å². The summed E-state index contributed by atoms with van der Waals surface area (Å²) in [6, 6.07) is 1.93. The van der Waals surface area contributed by atoms with Crippen LogP contribution >= 0.6 is 11.3 Å². The number of rotatable bonds is 3. The number of sulfonamides is 1. The van der Waals surface area contributed by atoms with Gasteiger partial charge in [-0.15, -0.1) is 11.3 Å². The zero-order valence-electron chi connectivity index (χ0n) is 10.7. The lowest BCUT2D eigenvalue weighted by Crippen LogP contribution is -2.51. The Labute approximate surface area is 112 Å². The van der Waals surface area contributed by atoms with Crippen LogP contribution in [0.25, 0.3) is 0 Å². The summed E-state index contributed by atoms with van der Waals surface area (Å²) in [5.41, 5.74) is 5.52. The van der Waals surface area contributed by atoms with E-state index >= 15 is 0 Å². The van der Waals surface area contributed by atoms with E-state index in [1.807, 2.05) is 14.0 Å². The van der Waals surface area contributed by atoms with Crippen molar-refractivity contribution in [3.05, 3.63) is 16.3 Å². The summed E-state index contributed by atoms with van der Waals surface area (Å²) in [6.45, 7) is 4.30. The third-order valence-corrected chi connectivity index (χ3v) is 6.34. The molecule has 1 fully saturated rings. The zero-order valence-corrected chi connectivity index (χ0v) is 12.3. The maximum atomic E-state index is 12.4. The minimum Gasteiger partial charge on any atom is -0.326 e. The summed E-state index contributed by atoms with van der Waals surface area (Å²) in [6.07, 6.45) is 0. The highest BCUT2D eigenvalue weighted by atomic mass is 32.2. The summed E-state index contributed by atoms with van der Waals surface area (Å²) < 4.78 is 26.5. The van der Waals surface area contributed by atoms with Crippen LogP contribution in [0.4, 0.5) is 0 Å². The van der Waals surface area contributed by atoms with Gasteiger partial charge in [-0.25, -0.2) is 8.42 Å². The molecule has 1 aliphatic heterocycles. The second kappa shape index (κ2) is 5.26. The molecule has 1 aliphatic rings. The Bertz CT molecular complexity index is 512. The topological polar surface area (TPSA) is 66.6 Å². The van der Waals surface area contributed by atoms with Gasteiger partial charge in [-0.2, -0.15) is 4.31 Å². The molecule has 0 saturated carbocycles.